The summed E-state index contributed by atoms with van der Waals surface area (Å²) < 4.78 is 6.69. The van der Waals surface area contributed by atoms with Crippen molar-refractivity contribution in [3.63, 3.8) is 0 Å². The number of furan rings is 1. The second kappa shape index (κ2) is 4.82. The largest absolute Gasteiger partial charge is 0.463 e. The number of halogens is 1. The maximum absolute atomic E-state index is 5.64. The molecule has 0 bridgehead atoms. The molecule has 1 aromatic rings. The molecule has 0 spiro atoms. The molecule has 0 aliphatic heterocycles. The van der Waals surface area contributed by atoms with Gasteiger partial charge in [-0.05, 0) is 34.8 Å². The van der Waals surface area contributed by atoms with Crippen LogP contribution < -0.4 is 5.73 Å². The first-order valence-corrected chi connectivity index (χ1v) is 5.50. The fourth-order valence-corrected chi connectivity index (χ4v) is 2.13. The Balaban J connectivity index is 2.91. The second-order valence-corrected chi connectivity index (χ2v) is 4.00. The summed E-state index contributed by atoms with van der Waals surface area (Å²) in [7, 11) is 0. The zero-order valence-electron chi connectivity index (χ0n) is 8.14. The molecule has 0 fully saturated rings. The van der Waals surface area contributed by atoms with Crippen molar-refractivity contribution in [1.29, 1.82) is 0 Å². The summed E-state index contributed by atoms with van der Waals surface area (Å²) in [6, 6.07) is 1.97. The van der Waals surface area contributed by atoms with Crippen molar-refractivity contribution < 1.29 is 4.42 Å². The molecule has 2 nitrogen and oxygen atoms in total. The van der Waals surface area contributed by atoms with Crippen LogP contribution in [0.25, 0.3) is 0 Å². The van der Waals surface area contributed by atoms with Gasteiger partial charge in [-0.2, -0.15) is 0 Å². The molecule has 1 aromatic heterocycles. The number of rotatable bonds is 4. The molecule has 1 heterocycles. The fraction of sp³-hybridized carbons (Fsp3) is 0.600. The number of hydrogen-bond acceptors (Lipinski definition) is 2. The Kier molecular flexibility index (Phi) is 4.00. The number of hydrogen-bond donors (Lipinski definition) is 1. The van der Waals surface area contributed by atoms with Gasteiger partial charge in [0.2, 0.25) is 0 Å². The third kappa shape index (κ3) is 2.35. The normalized spacial score (nSPS) is 11.2. The van der Waals surface area contributed by atoms with Crippen molar-refractivity contribution in [1.82, 2.24) is 0 Å². The molecular weight excluding hydrogens is 230 g/mol. The van der Waals surface area contributed by atoms with Crippen LogP contribution in [0.2, 0.25) is 0 Å². The highest BCUT2D eigenvalue weighted by atomic mass is 79.9. The first kappa shape index (κ1) is 10.8. The van der Waals surface area contributed by atoms with Gasteiger partial charge in [-0.15, -0.1) is 0 Å². The Morgan fingerprint density at radius 3 is 2.46 bits per heavy atom. The SMILES string of the molecule is CCC(CC)c1oc(CN)cc1Br. The van der Waals surface area contributed by atoms with Gasteiger partial charge in [-0.25, -0.2) is 0 Å². The van der Waals surface area contributed by atoms with E-state index in [0.29, 0.717) is 12.5 Å². The van der Waals surface area contributed by atoms with E-state index in [2.05, 4.69) is 29.8 Å². The minimum Gasteiger partial charge on any atom is -0.463 e. The first-order chi connectivity index (χ1) is 6.22. The molecule has 0 aliphatic carbocycles. The molecule has 0 aliphatic rings. The molecule has 13 heavy (non-hydrogen) atoms. The van der Waals surface area contributed by atoms with Crippen LogP contribution in [0.1, 0.15) is 44.1 Å². The van der Waals surface area contributed by atoms with E-state index in [9.17, 15) is 0 Å². The van der Waals surface area contributed by atoms with Gasteiger partial charge in [-0.3, -0.25) is 0 Å². The quantitative estimate of drug-likeness (QED) is 0.884. The molecule has 0 radical (unpaired) electrons. The van der Waals surface area contributed by atoms with Crippen LogP contribution in [-0.2, 0) is 6.54 Å². The lowest BCUT2D eigenvalue weighted by molar-refractivity contribution is 0.417. The van der Waals surface area contributed by atoms with E-state index in [1.807, 2.05) is 6.07 Å². The molecule has 0 saturated carbocycles. The smallest absolute Gasteiger partial charge is 0.121 e. The Bertz CT molecular complexity index is 266. The van der Waals surface area contributed by atoms with Gasteiger partial charge in [0, 0.05) is 5.92 Å². The summed E-state index contributed by atoms with van der Waals surface area (Å²) in [6.45, 7) is 4.81. The molecule has 74 valence electrons. The minimum absolute atomic E-state index is 0.471. The molecule has 1 rings (SSSR count). The third-order valence-electron chi connectivity index (χ3n) is 2.32. The van der Waals surface area contributed by atoms with E-state index >= 15 is 0 Å². The standard InChI is InChI=1S/C10H16BrNO/c1-3-7(4-2)10-9(11)5-8(6-12)13-10/h5,7H,3-4,6,12H2,1-2H3. The Morgan fingerprint density at radius 1 is 1.46 bits per heavy atom. The lowest BCUT2D eigenvalue weighted by Gasteiger charge is -2.08. The molecular formula is C10H16BrNO. The summed E-state index contributed by atoms with van der Waals surface area (Å²) in [4.78, 5) is 0. The van der Waals surface area contributed by atoms with Crippen molar-refractivity contribution in [2.45, 2.75) is 39.2 Å². The highest BCUT2D eigenvalue weighted by Gasteiger charge is 2.15. The van der Waals surface area contributed by atoms with Crippen molar-refractivity contribution in [2.75, 3.05) is 0 Å². The van der Waals surface area contributed by atoms with Crippen molar-refractivity contribution >= 4 is 15.9 Å². The first-order valence-electron chi connectivity index (χ1n) is 4.71. The number of nitrogens with two attached hydrogens (primary N) is 1. The maximum atomic E-state index is 5.64. The summed E-state index contributed by atoms with van der Waals surface area (Å²) in [6.07, 6.45) is 2.21. The van der Waals surface area contributed by atoms with E-state index in [0.717, 1.165) is 28.8 Å². The van der Waals surface area contributed by atoms with E-state index in [1.165, 1.54) is 0 Å². The molecule has 0 saturated heterocycles. The zero-order valence-corrected chi connectivity index (χ0v) is 9.73. The van der Waals surface area contributed by atoms with Crippen molar-refractivity contribution in [3.05, 3.63) is 22.1 Å². The molecule has 2 N–H and O–H groups in total. The molecule has 0 unspecified atom stereocenters. The fourth-order valence-electron chi connectivity index (χ4n) is 1.47. The van der Waals surface area contributed by atoms with Crippen LogP contribution >= 0.6 is 15.9 Å². The topological polar surface area (TPSA) is 39.2 Å². The average Bonchev–Trinajstić information content (AvgIpc) is 2.50. The highest BCUT2D eigenvalue weighted by Crippen LogP contribution is 2.32. The predicted octanol–water partition coefficient (Wildman–Crippen LogP) is 3.40. The summed E-state index contributed by atoms with van der Waals surface area (Å²) >= 11 is 3.49. The second-order valence-electron chi connectivity index (χ2n) is 3.14. The van der Waals surface area contributed by atoms with Crippen molar-refractivity contribution in [3.8, 4) is 0 Å². The Labute approximate surface area is 87.6 Å². The summed E-state index contributed by atoms with van der Waals surface area (Å²) in [5, 5.41) is 0. The summed E-state index contributed by atoms with van der Waals surface area (Å²) in [5.74, 6) is 2.41. The van der Waals surface area contributed by atoms with Crippen LogP contribution in [0.5, 0.6) is 0 Å². The van der Waals surface area contributed by atoms with Gasteiger partial charge in [0.15, 0.2) is 0 Å². The van der Waals surface area contributed by atoms with Gasteiger partial charge >= 0.3 is 0 Å². The predicted molar refractivity (Wildman–Crippen MR) is 57.6 cm³/mol. The van der Waals surface area contributed by atoms with Crippen molar-refractivity contribution in [2.24, 2.45) is 5.73 Å². The van der Waals surface area contributed by atoms with Gasteiger partial charge in [0.1, 0.15) is 11.5 Å². The van der Waals surface area contributed by atoms with E-state index in [4.69, 9.17) is 10.2 Å². The average molecular weight is 246 g/mol. The van der Waals surface area contributed by atoms with Crippen LogP contribution in [0.3, 0.4) is 0 Å². The van der Waals surface area contributed by atoms with Crippen LogP contribution in [-0.4, -0.2) is 0 Å². The lowest BCUT2D eigenvalue weighted by Crippen LogP contribution is -1.95. The van der Waals surface area contributed by atoms with Gasteiger partial charge in [0.05, 0.1) is 11.0 Å². The monoisotopic (exact) mass is 245 g/mol. The van der Waals surface area contributed by atoms with E-state index < -0.39 is 0 Å². The Hall–Kier alpha value is -0.280. The van der Waals surface area contributed by atoms with Crippen LogP contribution in [0.4, 0.5) is 0 Å². The summed E-state index contributed by atoms with van der Waals surface area (Å²) in [5.41, 5.74) is 5.50. The molecule has 0 amide bonds. The van der Waals surface area contributed by atoms with E-state index in [-0.39, 0.29) is 0 Å². The van der Waals surface area contributed by atoms with E-state index in [1.54, 1.807) is 0 Å². The van der Waals surface area contributed by atoms with Crippen LogP contribution in [0.15, 0.2) is 15.0 Å². The molecule has 0 atom stereocenters. The van der Waals surface area contributed by atoms with Gasteiger partial charge < -0.3 is 10.2 Å². The third-order valence-corrected chi connectivity index (χ3v) is 2.94. The van der Waals surface area contributed by atoms with Gasteiger partial charge in [0.25, 0.3) is 0 Å². The molecule has 3 heteroatoms. The molecule has 0 aromatic carbocycles. The lowest BCUT2D eigenvalue weighted by atomic mass is 10.0. The Morgan fingerprint density at radius 2 is 2.08 bits per heavy atom. The zero-order chi connectivity index (χ0) is 9.84. The minimum atomic E-state index is 0.471. The maximum Gasteiger partial charge on any atom is 0.121 e. The van der Waals surface area contributed by atoms with Crippen LogP contribution in [0, 0.1) is 0 Å². The highest BCUT2D eigenvalue weighted by molar-refractivity contribution is 9.10. The van der Waals surface area contributed by atoms with Gasteiger partial charge in [-0.1, -0.05) is 13.8 Å².